The molecule has 4 rings (SSSR count). The normalized spacial score (nSPS) is 24.7. The highest BCUT2D eigenvalue weighted by Crippen LogP contribution is 2.47. The first-order valence-electron chi connectivity index (χ1n) is 14.7. The molecule has 36 heavy (non-hydrogen) atoms. The van der Waals surface area contributed by atoms with Crippen LogP contribution in [0.5, 0.6) is 0 Å². The smallest absolute Gasteiger partial charge is 0.120 e. The van der Waals surface area contributed by atoms with Crippen molar-refractivity contribution in [3.8, 4) is 11.1 Å². The predicted molar refractivity (Wildman–Crippen MR) is 156 cm³/mol. The van der Waals surface area contributed by atoms with Crippen LogP contribution < -0.4 is 0 Å². The molecular formula is C35H50O. The van der Waals surface area contributed by atoms with Gasteiger partial charge >= 0.3 is 0 Å². The number of benzene rings is 2. The Morgan fingerprint density at radius 2 is 0.861 bits per heavy atom. The summed E-state index contributed by atoms with van der Waals surface area (Å²) >= 11 is 0. The van der Waals surface area contributed by atoms with E-state index in [2.05, 4.69) is 62.3 Å². The van der Waals surface area contributed by atoms with Crippen LogP contribution >= 0.6 is 0 Å². The van der Waals surface area contributed by atoms with Crippen LogP contribution in [0.4, 0.5) is 0 Å². The fourth-order valence-electron chi connectivity index (χ4n) is 8.03. The summed E-state index contributed by atoms with van der Waals surface area (Å²) in [5, 5.41) is 0. The van der Waals surface area contributed by atoms with Crippen molar-refractivity contribution < 1.29 is 4.79 Å². The van der Waals surface area contributed by atoms with E-state index in [0.29, 0.717) is 11.8 Å². The number of hydrogen-bond acceptors (Lipinski definition) is 1. The first kappa shape index (κ1) is 27.2. The lowest BCUT2D eigenvalue weighted by Gasteiger charge is -2.34. The Morgan fingerprint density at radius 1 is 0.528 bits per heavy atom. The molecule has 0 aliphatic heterocycles. The summed E-state index contributed by atoms with van der Waals surface area (Å²) in [5.41, 5.74) is 18.3. The second-order valence-corrected chi connectivity index (χ2v) is 12.7. The Morgan fingerprint density at radius 3 is 1.19 bits per heavy atom. The van der Waals surface area contributed by atoms with Crippen LogP contribution in [0.1, 0.15) is 132 Å². The van der Waals surface area contributed by atoms with Crippen molar-refractivity contribution >= 4 is 6.29 Å². The van der Waals surface area contributed by atoms with E-state index in [9.17, 15) is 4.79 Å². The van der Waals surface area contributed by atoms with Gasteiger partial charge in [0.05, 0.1) is 0 Å². The van der Waals surface area contributed by atoms with Crippen molar-refractivity contribution in [1.82, 2.24) is 0 Å². The lowest BCUT2D eigenvalue weighted by Crippen LogP contribution is -2.17. The molecule has 2 saturated carbocycles. The standard InChI is InChI=1S/C35H50O/c1-20-10-14-30(15-11-20)32-21(2)25(6)34(26(7)22(32)3)35-27(8)23(4)33(24(5)28(35)9)31-16-12-29(13-17-31)18-19-36/h19-20,29-31H,10-18H2,1-9H3. The van der Waals surface area contributed by atoms with E-state index in [4.69, 9.17) is 0 Å². The molecule has 0 aromatic heterocycles. The van der Waals surface area contributed by atoms with E-state index in [-0.39, 0.29) is 0 Å². The molecule has 0 N–H and O–H groups in total. The number of carbonyl (C=O) groups excluding carboxylic acids is 1. The fraction of sp³-hybridized carbons (Fsp3) is 0.629. The molecule has 0 radical (unpaired) electrons. The van der Waals surface area contributed by atoms with Gasteiger partial charge in [0, 0.05) is 6.42 Å². The van der Waals surface area contributed by atoms with Crippen LogP contribution in [0.15, 0.2) is 0 Å². The molecule has 2 aromatic rings. The molecule has 2 fully saturated rings. The van der Waals surface area contributed by atoms with Gasteiger partial charge in [-0.3, -0.25) is 0 Å². The third-order valence-electron chi connectivity index (χ3n) is 10.7. The van der Waals surface area contributed by atoms with Gasteiger partial charge in [0.2, 0.25) is 0 Å². The van der Waals surface area contributed by atoms with Crippen molar-refractivity contribution in [2.75, 3.05) is 0 Å². The average molecular weight is 487 g/mol. The van der Waals surface area contributed by atoms with Crippen molar-refractivity contribution in [3.63, 3.8) is 0 Å². The third-order valence-corrected chi connectivity index (χ3v) is 10.7. The molecule has 2 aromatic carbocycles. The van der Waals surface area contributed by atoms with Crippen LogP contribution in [-0.2, 0) is 4.79 Å². The Labute approximate surface area is 221 Å². The maximum absolute atomic E-state index is 11.0. The Hall–Kier alpha value is -1.89. The van der Waals surface area contributed by atoms with Gasteiger partial charge in [0.1, 0.15) is 6.29 Å². The highest BCUT2D eigenvalue weighted by atomic mass is 16.1. The molecule has 0 atom stereocenters. The number of hydrogen-bond donors (Lipinski definition) is 0. The second kappa shape index (κ2) is 10.8. The largest absolute Gasteiger partial charge is 0.303 e. The molecule has 196 valence electrons. The Kier molecular flexibility index (Phi) is 8.18. The Balaban J connectivity index is 1.79. The summed E-state index contributed by atoms with van der Waals surface area (Å²) < 4.78 is 0. The molecule has 2 aliphatic rings. The van der Waals surface area contributed by atoms with Crippen LogP contribution in [0.3, 0.4) is 0 Å². The van der Waals surface area contributed by atoms with Crippen LogP contribution in [-0.4, -0.2) is 6.29 Å². The van der Waals surface area contributed by atoms with Gasteiger partial charge in [-0.1, -0.05) is 19.8 Å². The monoisotopic (exact) mass is 486 g/mol. The first-order valence-corrected chi connectivity index (χ1v) is 14.7. The van der Waals surface area contributed by atoms with Crippen molar-refractivity contribution in [3.05, 3.63) is 55.6 Å². The topological polar surface area (TPSA) is 17.1 Å². The highest BCUT2D eigenvalue weighted by Gasteiger charge is 2.30. The second-order valence-electron chi connectivity index (χ2n) is 12.7. The maximum Gasteiger partial charge on any atom is 0.120 e. The third kappa shape index (κ3) is 4.72. The molecule has 1 heteroatoms. The zero-order valence-corrected chi connectivity index (χ0v) is 24.7. The average Bonchev–Trinajstić information content (AvgIpc) is 2.86. The van der Waals surface area contributed by atoms with Gasteiger partial charge in [0.25, 0.3) is 0 Å². The number of aldehydes is 1. The molecule has 2 aliphatic carbocycles. The summed E-state index contributed by atoms with van der Waals surface area (Å²) in [7, 11) is 0. The Bertz CT molecular complexity index is 1080. The van der Waals surface area contributed by atoms with Crippen LogP contribution in [0, 0.1) is 67.2 Å². The van der Waals surface area contributed by atoms with Crippen molar-refractivity contribution in [1.29, 1.82) is 0 Å². The van der Waals surface area contributed by atoms with Gasteiger partial charge < -0.3 is 4.79 Å². The summed E-state index contributed by atoms with van der Waals surface area (Å²) in [6.07, 6.45) is 12.2. The SMILES string of the molecule is Cc1c(C)c(C2CCC(C)CC2)c(C)c(C)c1-c1c(C)c(C)c(C2CCC(CC=O)CC2)c(C)c1C. The summed E-state index contributed by atoms with van der Waals surface area (Å²) in [6, 6.07) is 0. The molecule has 0 amide bonds. The van der Waals surface area contributed by atoms with E-state index in [0.717, 1.165) is 24.5 Å². The number of carbonyl (C=O) groups is 1. The lowest BCUT2D eigenvalue weighted by atomic mass is 9.71. The van der Waals surface area contributed by atoms with Crippen LogP contribution in [0.2, 0.25) is 0 Å². The fourth-order valence-corrected chi connectivity index (χ4v) is 8.03. The first-order chi connectivity index (χ1) is 17.1. The molecule has 0 bridgehead atoms. The minimum atomic E-state index is 0.600. The van der Waals surface area contributed by atoms with Gasteiger partial charge in [-0.25, -0.2) is 0 Å². The summed E-state index contributed by atoms with van der Waals surface area (Å²) in [6.45, 7) is 21.5. The quantitative estimate of drug-likeness (QED) is 0.384. The van der Waals surface area contributed by atoms with Gasteiger partial charge in [-0.15, -0.1) is 0 Å². The van der Waals surface area contributed by atoms with E-state index < -0.39 is 0 Å². The zero-order chi connectivity index (χ0) is 26.3. The molecule has 0 spiro atoms. The minimum Gasteiger partial charge on any atom is -0.303 e. The van der Waals surface area contributed by atoms with E-state index in [1.54, 1.807) is 22.3 Å². The van der Waals surface area contributed by atoms with Crippen LogP contribution in [0.25, 0.3) is 11.1 Å². The molecular weight excluding hydrogens is 436 g/mol. The van der Waals surface area contributed by atoms with E-state index in [1.165, 1.54) is 95.9 Å². The number of rotatable bonds is 5. The minimum absolute atomic E-state index is 0.600. The van der Waals surface area contributed by atoms with Crippen molar-refractivity contribution in [2.24, 2.45) is 11.8 Å². The van der Waals surface area contributed by atoms with E-state index >= 15 is 0 Å². The van der Waals surface area contributed by atoms with Gasteiger partial charge in [0.15, 0.2) is 0 Å². The van der Waals surface area contributed by atoms with E-state index in [1.807, 2.05) is 0 Å². The lowest BCUT2D eigenvalue weighted by molar-refractivity contribution is -0.108. The predicted octanol–water partition coefficient (Wildman–Crippen LogP) is 9.98. The summed E-state index contributed by atoms with van der Waals surface area (Å²) in [5.74, 6) is 2.86. The summed E-state index contributed by atoms with van der Waals surface area (Å²) in [4.78, 5) is 11.0. The van der Waals surface area contributed by atoms with Gasteiger partial charge in [-0.05, 0) is 184 Å². The molecule has 0 heterocycles. The molecule has 1 nitrogen and oxygen atoms in total. The molecule has 0 unspecified atom stereocenters. The molecule has 0 saturated heterocycles. The zero-order valence-electron chi connectivity index (χ0n) is 24.7. The maximum atomic E-state index is 11.0. The van der Waals surface area contributed by atoms with Crippen molar-refractivity contribution in [2.45, 2.75) is 132 Å². The van der Waals surface area contributed by atoms with Gasteiger partial charge in [-0.2, -0.15) is 0 Å². The highest BCUT2D eigenvalue weighted by molar-refractivity contribution is 5.82.